The third-order valence-corrected chi connectivity index (χ3v) is 5.53. The number of ether oxygens (including phenoxy) is 1. The molecule has 1 rings (SSSR count). The molecule has 0 amide bonds. The fourth-order valence-corrected chi connectivity index (χ4v) is 3.93. The summed E-state index contributed by atoms with van der Waals surface area (Å²) in [5.41, 5.74) is 6.66. The lowest BCUT2D eigenvalue weighted by Crippen LogP contribution is -2.29. The predicted molar refractivity (Wildman–Crippen MR) is 99.9 cm³/mol. The van der Waals surface area contributed by atoms with E-state index >= 15 is 0 Å². The van der Waals surface area contributed by atoms with E-state index in [1.54, 1.807) is 0 Å². The van der Waals surface area contributed by atoms with Gasteiger partial charge in [0.05, 0.1) is 13.2 Å². The highest BCUT2D eigenvalue weighted by atomic mass is 79.9. The van der Waals surface area contributed by atoms with E-state index in [0.717, 1.165) is 23.1 Å². The second-order valence-corrected chi connectivity index (χ2v) is 8.21. The van der Waals surface area contributed by atoms with Gasteiger partial charge in [0.25, 0.3) is 0 Å². The summed E-state index contributed by atoms with van der Waals surface area (Å²) in [5, 5.41) is 0.892. The molecule has 1 unspecified atom stereocenters. The number of nitrogens with zero attached hydrogens (tertiary/aromatic N) is 1. The zero-order valence-corrected chi connectivity index (χ0v) is 16.8. The number of rotatable bonds is 12. The quantitative estimate of drug-likeness (QED) is 0.295. The lowest BCUT2D eigenvalue weighted by molar-refractivity contribution is 0.256. The van der Waals surface area contributed by atoms with Gasteiger partial charge in [0.1, 0.15) is 5.75 Å². The van der Waals surface area contributed by atoms with Crippen molar-refractivity contribution in [2.75, 3.05) is 36.8 Å². The molecule has 0 spiro atoms. The van der Waals surface area contributed by atoms with Crippen molar-refractivity contribution >= 4 is 46.8 Å². The molecular weight excluding hydrogens is 426 g/mol. The Morgan fingerprint density at radius 3 is 2.57 bits per heavy atom. The van der Waals surface area contributed by atoms with E-state index in [2.05, 4.69) is 15.9 Å². The molecule has 23 heavy (non-hydrogen) atoms. The molecule has 0 bridgehead atoms. The van der Waals surface area contributed by atoms with Crippen LogP contribution in [-0.4, -0.2) is 41.5 Å². The zero-order valence-electron chi connectivity index (χ0n) is 12.8. The number of nitrogens with two attached hydrogens (primary N) is 1. The van der Waals surface area contributed by atoms with Gasteiger partial charge < -0.3 is 9.26 Å². The molecule has 2 N–H and O–H groups in total. The Kier molecular flexibility index (Phi) is 10.8. The predicted octanol–water partition coefficient (Wildman–Crippen LogP) is 4.21. The fraction of sp³-hybridized carbons (Fsp3) is 0.571. The number of benzene rings is 1. The molecule has 0 aromatic heterocycles. The van der Waals surface area contributed by atoms with Crippen LogP contribution in [-0.2, 0) is 15.7 Å². The molecule has 0 saturated carbocycles. The number of alkyl halides is 3. The van der Waals surface area contributed by atoms with Crippen LogP contribution in [0, 0.1) is 0 Å². The number of hydrogen-bond donors (Lipinski definition) is 1. The molecule has 0 saturated heterocycles. The topological polar surface area (TPSA) is 64.8 Å². The van der Waals surface area contributed by atoms with Crippen LogP contribution >= 0.6 is 46.8 Å². The third-order valence-electron chi connectivity index (χ3n) is 2.94. The minimum atomic E-state index is -3.42. The van der Waals surface area contributed by atoms with E-state index in [0.29, 0.717) is 31.5 Å². The summed E-state index contributed by atoms with van der Waals surface area (Å²) in [6, 6.07) is 7.44. The largest absolute Gasteiger partial charge is 0.494 e. The molecule has 0 radical (unpaired) electrons. The first-order valence-corrected chi connectivity index (χ1v) is 11.1. The van der Waals surface area contributed by atoms with Crippen molar-refractivity contribution in [3.05, 3.63) is 29.8 Å². The summed E-state index contributed by atoms with van der Waals surface area (Å²) in [7, 11) is -3.42. The summed E-state index contributed by atoms with van der Waals surface area (Å²) in [6.07, 6.45) is 0.921. The smallest absolute Gasteiger partial charge is 0.341 e. The Bertz CT molecular complexity index is 505. The molecule has 1 aromatic rings. The first kappa shape index (κ1) is 21.2. The molecule has 0 fully saturated rings. The maximum atomic E-state index is 12.5. The minimum absolute atomic E-state index is 0.129. The average molecular weight is 448 g/mol. The molecule has 1 aromatic carbocycles. The van der Waals surface area contributed by atoms with Crippen LogP contribution in [0.5, 0.6) is 5.75 Å². The summed E-state index contributed by atoms with van der Waals surface area (Å²) >= 11 is 14.8. The number of hydrogen-bond acceptors (Lipinski definition) is 3. The normalized spacial score (nSPS) is 14.0. The van der Waals surface area contributed by atoms with Gasteiger partial charge >= 0.3 is 7.67 Å². The molecule has 0 aliphatic heterocycles. The van der Waals surface area contributed by atoms with Crippen molar-refractivity contribution in [3.63, 3.8) is 0 Å². The van der Waals surface area contributed by atoms with Crippen molar-refractivity contribution in [2.24, 2.45) is 5.50 Å². The molecule has 1 atom stereocenters. The van der Waals surface area contributed by atoms with Crippen LogP contribution in [0.1, 0.15) is 12.0 Å². The Hall–Kier alpha value is 0.190. The van der Waals surface area contributed by atoms with Crippen LogP contribution in [0.15, 0.2) is 24.3 Å². The summed E-state index contributed by atoms with van der Waals surface area (Å²) in [4.78, 5) is 0. The molecule has 0 heterocycles. The molecular formula is C14H22BrCl2N2O3P. The van der Waals surface area contributed by atoms with E-state index in [1.165, 1.54) is 4.67 Å². The highest BCUT2D eigenvalue weighted by molar-refractivity contribution is 9.09. The van der Waals surface area contributed by atoms with Crippen molar-refractivity contribution in [1.29, 1.82) is 0 Å². The van der Waals surface area contributed by atoms with Gasteiger partial charge in [-0.1, -0.05) is 28.1 Å². The van der Waals surface area contributed by atoms with Crippen LogP contribution in [0.2, 0.25) is 0 Å². The van der Waals surface area contributed by atoms with E-state index in [4.69, 9.17) is 38.0 Å². The lowest BCUT2D eigenvalue weighted by atomic mass is 10.2. The van der Waals surface area contributed by atoms with Gasteiger partial charge in [0.2, 0.25) is 0 Å². The fourth-order valence-electron chi connectivity index (χ4n) is 1.80. The van der Waals surface area contributed by atoms with Gasteiger partial charge in [-0.05, 0) is 24.1 Å². The van der Waals surface area contributed by atoms with Gasteiger partial charge in [0, 0.05) is 30.2 Å². The van der Waals surface area contributed by atoms with Crippen molar-refractivity contribution in [2.45, 2.75) is 13.0 Å². The van der Waals surface area contributed by atoms with Crippen molar-refractivity contribution < 1.29 is 13.8 Å². The lowest BCUT2D eigenvalue weighted by Gasteiger charge is -2.26. The van der Waals surface area contributed by atoms with Crippen LogP contribution < -0.4 is 10.2 Å². The Balaban J connectivity index is 2.61. The van der Waals surface area contributed by atoms with Gasteiger partial charge in [-0.15, -0.1) is 23.2 Å². The summed E-state index contributed by atoms with van der Waals surface area (Å²) < 4.78 is 25.0. The van der Waals surface area contributed by atoms with Gasteiger partial charge in [0.15, 0.2) is 0 Å². The SMILES string of the molecule is NP(=O)(OCc1cccc(OCCCBr)c1)N(CCCl)CCCl. The van der Waals surface area contributed by atoms with Gasteiger partial charge in [-0.2, -0.15) is 0 Å². The van der Waals surface area contributed by atoms with Gasteiger partial charge in [-0.3, -0.25) is 4.57 Å². The Labute approximate surface area is 156 Å². The van der Waals surface area contributed by atoms with E-state index < -0.39 is 7.67 Å². The summed E-state index contributed by atoms with van der Waals surface area (Å²) in [6.45, 7) is 1.48. The van der Waals surface area contributed by atoms with Crippen LogP contribution in [0.3, 0.4) is 0 Å². The third kappa shape index (κ3) is 8.21. The Morgan fingerprint density at radius 1 is 1.26 bits per heavy atom. The highest BCUT2D eigenvalue weighted by Crippen LogP contribution is 2.43. The minimum Gasteiger partial charge on any atom is -0.494 e. The zero-order chi connectivity index (χ0) is 17.1. The van der Waals surface area contributed by atoms with E-state index in [-0.39, 0.29) is 6.61 Å². The average Bonchev–Trinajstić information content (AvgIpc) is 2.54. The molecule has 9 heteroatoms. The van der Waals surface area contributed by atoms with E-state index in [9.17, 15) is 4.57 Å². The highest BCUT2D eigenvalue weighted by Gasteiger charge is 2.26. The van der Waals surface area contributed by atoms with E-state index in [1.807, 2.05) is 24.3 Å². The monoisotopic (exact) mass is 446 g/mol. The molecule has 0 aliphatic rings. The summed E-state index contributed by atoms with van der Waals surface area (Å²) in [5.74, 6) is 1.36. The maximum Gasteiger partial charge on any atom is 0.341 e. The first-order valence-electron chi connectivity index (χ1n) is 7.21. The number of halogens is 3. The second-order valence-electron chi connectivity index (χ2n) is 4.71. The standard InChI is InChI=1S/C14H22BrCl2N2O3P/c15-5-2-10-21-14-4-1-3-13(11-14)12-22-23(18,20)19(8-6-16)9-7-17/h1,3-4,11H,2,5-10,12H2,(H2,18,20). The molecule has 5 nitrogen and oxygen atoms in total. The second kappa shape index (κ2) is 11.7. The molecule has 132 valence electrons. The Morgan fingerprint density at radius 2 is 1.96 bits per heavy atom. The van der Waals surface area contributed by atoms with Crippen LogP contribution in [0.25, 0.3) is 0 Å². The van der Waals surface area contributed by atoms with Gasteiger partial charge in [-0.25, -0.2) is 10.2 Å². The first-order chi connectivity index (χ1) is 11.0. The van der Waals surface area contributed by atoms with Crippen molar-refractivity contribution in [3.8, 4) is 5.75 Å². The van der Waals surface area contributed by atoms with Crippen LogP contribution in [0.4, 0.5) is 0 Å². The van der Waals surface area contributed by atoms with Crippen molar-refractivity contribution in [1.82, 2.24) is 4.67 Å². The maximum absolute atomic E-state index is 12.5. The molecule has 0 aliphatic carbocycles.